The maximum atomic E-state index is 11.9. The van der Waals surface area contributed by atoms with E-state index in [2.05, 4.69) is 12.2 Å². The summed E-state index contributed by atoms with van der Waals surface area (Å²) >= 11 is 0. The van der Waals surface area contributed by atoms with Crippen LogP contribution in [0.4, 0.5) is 0 Å². The standard InChI is InChI=1S/C10H16N2O2/c1-7-4-3-5-10(7)9(14)11-8(13)6-12(10)2/h7H,3-6H2,1-2H3,(H,11,13,14). The second-order valence-electron chi connectivity index (χ2n) is 4.45. The highest BCUT2D eigenvalue weighted by atomic mass is 16.2. The third-order valence-corrected chi connectivity index (χ3v) is 3.72. The Labute approximate surface area is 83.6 Å². The summed E-state index contributed by atoms with van der Waals surface area (Å²) in [6.45, 7) is 2.44. The van der Waals surface area contributed by atoms with Gasteiger partial charge in [-0.3, -0.25) is 19.8 Å². The van der Waals surface area contributed by atoms with E-state index in [-0.39, 0.29) is 11.8 Å². The minimum atomic E-state index is -0.409. The first-order valence-electron chi connectivity index (χ1n) is 5.13. The van der Waals surface area contributed by atoms with E-state index in [4.69, 9.17) is 0 Å². The molecule has 1 saturated carbocycles. The zero-order valence-corrected chi connectivity index (χ0v) is 8.67. The number of rotatable bonds is 0. The fourth-order valence-corrected chi connectivity index (χ4v) is 2.87. The van der Waals surface area contributed by atoms with E-state index < -0.39 is 5.54 Å². The van der Waals surface area contributed by atoms with Gasteiger partial charge in [-0.25, -0.2) is 0 Å². The summed E-state index contributed by atoms with van der Waals surface area (Å²) in [5.74, 6) is 0.0732. The van der Waals surface area contributed by atoms with Gasteiger partial charge >= 0.3 is 0 Å². The monoisotopic (exact) mass is 196 g/mol. The van der Waals surface area contributed by atoms with E-state index in [9.17, 15) is 9.59 Å². The Balaban J connectivity index is 2.32. The summed E-state index contributed by atoms with van der Waals surface area (Å²) in [5, 5.41) is 2.45. The molecule has 2 fully saturated rings. The van der Waals surface area contributed by atoms with Crippen LogP contribution >= 0.6 is 0 Å². The first kappa shape index (κ1) is 9.65. The lowest BCUT2D eigenvalue weighted by atomic mass is 9.84. The molecule has 1 N–H and O–H groups in total. The van der Waals surface area contributed by atoms with Crippen LogP contribution in [-0.2, 0) is 9.59 Å². The van der Waals surface area contributed by atoms with E-state index >= 15 is 0 Å². The molecule has 2 unspecified atom stereocenters. The van der Waals surface area contributed by atoms with E-state index in [1.807, 2.05) is 11.9 Å². The second-order valence-corrected chi connectivity index (χ2v) is 4.45. The van der Waals surface area contributed by atoms with Crippen LogP contribution in [0.5, 0.6) is 0 Å². The average molecular weight is 196 g/mol. The molecule has 4 nitrogen and oxygen atoms in total. The molecule has 0 aromatic carbocycles. The van der Waals surface area contributed by atoms with Gasteiger partial charge in [0.05, 0.1) is 6.54 Å². The Hall–Kier alpha value is -0.900. The zero-order valence-electron chi connectivity index (χ0n) is 8.67. The Morgan fingerprint density at radius 2 is 2.21 bits per heavy atom. The third kappa shape index (κ3) is 1.10. The second kappa shape index (κ2) is 3.05. The molecule has 0 radical (unpaired) electrons. The number of likely N-dealkylation sites (N-methyl/N-ethyl adjacent to an activating group) is 1. The lowest BCUT2D eigenvalue weighted by Crippen LogP contribution is -2.66. The Kier molecular flexibility index (Phi) is 2.10. The van der Waals surface area contributed by atoms with E-state index in [0.29, 0.717) is 12.5 Å². The fourth-order valence-electron chi connectivity index (χ4n) is 2.87. The van der Waals surface area contributed by atoms with Crippen molar-refractivity contribution in [1.29, 1.82) is 0 Å². The molecule has 1 saturated heterocycles. The molecule has 2 atom stereocenters. The minimum Gasteiger partial charge on any atom is -0.294 e. The van der Waals surface area contributed by atoms with E-state index in [1.54, 1.807) is 0 Å². The number of carbonyl (C=O) groups excluding carboxylic acids is 2. The molecule has 0 aromatic heterocycles. The molecule has 14 heavy (non-hydrogen) atoms. The van der Waals surface area contributed by atoms with Crippen LogP contribution in [0, 0.1) is 5.92 Å². The summed E-state index contributed by atoms with van der Waals surface area (Å²) in [6, 6.07) is 0. The average Bonchev–Trinajstić information content (AvgIpc) is 2.45. The molecule has 78 valence electrons. The minimum absolute atomic E-state index is 0.0961. The topological polar surface area (TPSA) is 49.4 Å². The van der Waals surface area contributed by atoms with Gasteiger partial charge in [0, 0.05) is 0 Å². The van der Waals surface area contributed by atoms with Crippen molar-refractivity contribution in [1.82, 2.24) is 10.2 Å². The quantitative estimate of drug-likeness (QED) is 0.560. The number of carbonyl (C=O) groups is 2. The number of amides is 2. The number of piperazine rings is 1. The summed E-state index contributed by atoms with van der Waals surface area (Å²) in [7, 11) is 1.87. The molecule has 1 aliphatic heterocycles. The molecular weight excluding hydrogens is 180 g/mol. The third-order valence-electron chi connectivity index (χ3n) is 3.72. The highest BCUT2D eigenvalue weighted by Gasteiger charge is 2.52. The Bertz CT molecular complexity index is 290. The van der Waals surface area contributed by atoms with Crippen molar-refractivity contribution >= 4 is 11.8 Å². The van der Waals surface area contributed by atoms with Gasteiger partial charge in [0.15, 0.2) is 0 Å². The van der Waals surface area contributed by atoms with Crippen LogP contribution in [0.3, 0.4) is 0 Å². The van der Waals surface area contributed by atoms with Crippen molar-refractivity contribution in [3.63, 3.8) is 0 Å². The highest BCUT2D eigenvalue weighted by molar-refractivity contribution is 6.03. The van der Waals surface area contributed by atoms with E-state index in [1.165, 1.54) is 0 Å². The van der Waals surface area contributed by atoms with Crippen molar-refractivity contribution in [3.05, 3.63) is 0 Å². The molecule has 0 aromatic rings. The predicted molar refractivity (Wildman–Crippen MR) is 51.5 cm³/mol. The summed E-state index contributed by atoms with van der Waals surface area (Å²) in [4.78, 5) is 25.0. The Morgan fingerprint density at radius 3 is 2.71 bits per heavy atom. The van der Waals surface area contributed by atoms with Crippen molar-refractivity contribution in [2.75, 3.05) is 13.6 Å². The first-order valence-corrected chi connectivity index (χ1v) is 5.13. The zero-order chi connectivity index (χ0) is 10.3. The number of nitrogens with zero attached hydrogens (tertiary/aromatic N) is 1. The molecule has 2 rings (SSSR count). The maximum Gasteiger partial charge on any atom is 0.247 e. The summed E-state index contributed by atoms with van der Waals surface area (Å²) in [5.41, 5.74) is -0.409. The Morgan fingerprint density at radius 1 is 1.50 bits per heavy atom. The molecular formula is C10H16N2O2. The lowest BCUT2D eigenvalue weighted by Gasteiger charge is -2.43. The summed E-state index contributed by atoms with van der Waals surface area (Å²) in [6.07, 6.45) is 3.03. The van der Waals surface area contributed by atoms with E-state index in [0.717, 1.165) is 19.3 Å². The van der Waals surface area contributed by atoms with Gasteiger partial charge in [-0.05, 0) is 25.8 Å². The molecule has 4 heteroatoms. The molecule has 0 bridgehead atoms. The first-order chi connectivity index (χ1) is 6.57. The molecule has 1 spiro atoms. The molecule has 1 heterocycles. The van der Waals surface area contributed by atoms with Crippen molar-refractivity contribution in [3.8, 4) is 0 Å². The van der Waals surface area contributed by atoms with Crippen molar-refractivity contribution in [2.24, 2.45) is 5.92 Å². The molecule has 1 aliphatic carbocycles. The SMILES string of the molecule is CC1CCCC12C(=O)NC(=O)CN2C. The highest BCUT2D eigenvalue weighted by Crippen LogP contribution is 2.40. The number of hydrogen-bond acceptors (Lipinski definition) is 3. The largest absolute Gasteiger partial charge is 0.294 e. The predicted octanol–water partition coefficient (Wildman–Crippen LogP) is 0.133. The van der Waals surface area contributed by atoms with Crippen LogP contribution in [0.15, 0.2) is 0 Å². The number of hydrogen-bond donors (Lipinski definition) is 1. The van der Waals surface area contributed by atoms with Crippen molar-refractivity contribution in [2.45, 2.75) is 31.7 Å². The van der Waals surface area contributed by atoms with Gasteiger partial charge in [0.2, 0.25) is 11.8 Å². The van der Waals surface area contributed by atoms with Gasteiger partial charge < -0.3 is 0 Å². The number of nitrogens with one attached hydrogen (secondary N) is 1. The van der Waals surface area contributed by atoms with Gasteiger partial charge in [-0.1, -0.05) is 13.3 Å². The molecule has 2 amide bonds. The summed E-state index contributed by atoms with van der Waals surface area (Å²) < 4.78 is 0. The normalized spacial score (nSPS) is 39.1. The maximum absolute atomic E-state index is 11.9. The number of imide groups is 1. The lowest BCUT2D eigenvalue weighted by molar-refractivity contribution is -0.147. The fraction of sp³-hybridized carbons (Fsp3) is 0.800. The van der Waals surface area contributed by atoms with Gasteiger partial charge in [-0.15, -0.1) is 0 Å². The van der Waals surface area contributed by atoms with Gasteiger partial charge in [0.25, 0.3) is 0 Å². The van der Waals surface area contributed by atoms with Crippen LogP contribution < -0.4 is 5.32 Å². The van der Waals surface area contributed by atoms with Gasteiger partial charge in [-0.2, -0.15) is 0 Å². The van der Waals surface area contributed by atoms with Gasteiger partial charge in [0.1, 0.15) is 5.54 Å². The van der Waals surface area contributed by atoms with Crippen LogP contribution in [0.1, 0.15) is 26.2 Å². The van der Waals surface area contributed by atoms with Crippen LogP contribution in [0.2, 0.25) is 0 Å². The van der Waals surface area contributed by atoms with Crippen LogP contribution in [-0.4, -0.2) is 35.8 Å². The van der Waals surface area contributed by atoms with Crippen LogP contribution in [0.25, 0.3) is 0 Å². The molecule has 2 aliphatic rings. The smallest absolute Gasteiger partial charge is 0.247 e. The van der Waals surface area contributed by atoms with Crippen molar-refractivity contribution < 1.29 is 9.59 Å².